The number of amides is 1. The molecule has 1 aromatic carbocycles. The number of aromatic hydroxyl groups is 1. The predicted molar refractivity (Wildman–Crippen MR) is 132 cm³/mol. The summed E-state index contributed by atoms with van der Waals surface area (Å²) in [6.07, 6.45) is 2.61. The molecule has 2 aromatic heterocycles. The van der Waals surface area contributed by atoms with Crippen molar-refractivity contribution in [2.75, 3.05) is 31.3 Å². The van der Waals surface area contributed by atoms with Crippen molar-refractivity contribution in [3.05, 3.63) is 48.3 Å². The lowest BCUT2D eigenvalue weighted by molar-refractivity contribution is -0.148. The Balaban J connectivity index is 1.53. The number of likely N-dealkylation sites (tertiary alicyclic amines) is 1. The first-order chi connectivity index (χ1) is 17.0. The van der Waals surface area contributed by atoms with Crippen LogP contribution in [0.2, 0.25) is 0 Å². The van der Waals surface area contributed by atoms with Gasteiger partial charge in [-0.1, -0.05) is 0 Å². The molecule has 13 heteroatoms. The Morgan fingerprint density at radius 1 is 1.28 bits per heavy atom. The molecule has 1 fully saturated rings. The first-order valence-electron chi connectivity index (χ1n) is 11.0. The maximum Gasteiger partial charge on any atom is 0.326 e. The van der Waals surface area contributed by atoms with Gasteiger partial charge < -0.3 is 25.7 Å². The van der Waals surface area contributed by atoms with Gasteiger partial charge in [0, 0.05) is 44.8 Å². The van der Waals surface area contributed by atoms with Gasteiger partial charge in [-0.25, -0.2) is 23.2 Å². The van der Waals surface area contributed by atoms with Crippen LogP contribution < -0.4 is 15.4 Å². The molecule has 2 atom stereocenters. The Hall–Kier alpha value is -3.97. The minimum Gasteiger partial charge on any atom is -0.508 e. The van der Waals surface area contributed by atoms with Crippen LogP contribution in [0.3, 0.4) is 0 Å². The standard InChI is InChI=1S/C23H26N6O6S/c1-28(2)20-4-3-15(12-26-20)36(34,35)27-17-6-8-29(22(17)31)18(23(32)33)10-14-9-13-5-7-25-21(24)16(13)11-19(14)30/h3-5,7,9,11-12,17-18,27,30H,6,8,10H2,1-2H3,(H2,24,25)(H,32,33). The second kappa shape index (κ2) is 9.59. The van der Waals surface area contributed by atoms with E-state index in [2.05, 4.69) is 14.7 Å². The molecule has 12 nitrogen and oxygen atoms in total. The van der Waals surface area contributed by atoms with Crippen LogP contribution >= 0.6 is 0 Å². The number of fused-ring (bicyclic) bond motifs is 1. The SMILES string of the molecule is CN(C)c1ccc(S(=O)(=O)NC2CCN(C(Cc3cc4ccnc(N)c4cc3O)C(=O)O)C2=O)cn1. The van der Waals surface area contributed by atoms with Gasteiger partial charge in [0.15, 0.2) is 0 Å². The smallest absolute Gasteiger partial charge is 0.326 e. The van der Waals surface area contributed by atoms with Crippen LogP contribution in [0.1, 0.15) is 12.0 Å². The molecule has 2 unspecified atom stereocenters. The van der Waals surface area contributed by atoms with Gasteiger partial charge in [0.05, 0.1) is 0 Å². The highest BCUT2D eigenvalue weighted by atomic mass is 32.2. The first-order valence-corrected chi connectivity index (χ1v) is 12.5. The number of pyridine rings is 2. The molecule has 0 saturated carbocycles. The molecule has 1 aliphatic heterocycles. The molecule has 0 aliphatic carbocycles. The first kappa shape index (κ1) is 25.1. The predicted octanol–water partition coefficient (Wildman–Crippen LogP) is 0.559. The van der Waals surface area contributed by atoms with Gasteiger partial charge >= 0.3 is 5.97 Å². The van der Waals surface area contributed by atoms with E-state index in [4.69, 9.17) is 5.73 Å². The zero-order valence-electron chi connectivity index (χ0n) is 19.6. The van der Waals surface area contributed by atoms with Crippen LogP contribution in [0.25, 0.3) is 10.8 Å². The largest absolute Gasteiger partial charge is 0.508 e. The van der Waals surface area contributed by atoms with Crippen molar-refractivity contribution >= 4 is 44.3 Å². The minimum absolute atomic E-state index is 0.0337. The molecule has 0 bridgehead atoms. The highest BCUT2D eigenvalue weighted by Gasteiger charge is 2.41. The summed E-state index contributed by atoms with van der Waals surface area (Å²) in [5.74, 6) is -1.31. The number of phenolic OH excluding ortho intramolecular Hbond substituents is 1. The summed E-state index contributed by atoms with van der Waals surface area (Å²) in [7, 11) is -0.531. The van der Waals surface area contributed by atoms with Gasteiger partial charge in [0.2, 0.25) is 15.9 Å². The monoisotopic (exact) mass is 514 g/mol. The number of hydrogen-bond acceptors (Lipinski definition) is 9. The Morgan fingerprint density at radius 3 is 2.67 bits per heavy atom. The molecule has 1 saturated heterocycles. The molecule has 5 N–H and O–H groups in total. The average molecular weight is 515 g/mol. The molecular formula is C23H26N6O6S. The highest BCUT2D eigenvalue weighted by Crippen LogP contribution is 2.30. The van der Waals surface area contributed by atoms with E-state index in [1.165, 1.54) is 30.6 Å². The molecule has 4 rings (SSSR count). The normalized spacial score (nSPS) is 16.9. The summed E-state index contributed by atoms with van der Waals surface area (Å²) in [5, 5.41) is 21.5. The number of nitrogens with two attached hydrogens (primary N) is 1. The highest BCUT2D eigenvalue weighted by molar-refractivity contribution is 7.89. The molecule has 190 valence electrons. The van der Waals surface area contributed by atoms with Crippen LogP contribution in [0.15, 0.2) is 47.6 Å². The lowest BCUT2D eigenvalue weighted by Crippen LogP contribution is -2.48. The Labute approximate surface area is 207 Å². The zero-order valence-corrected chi connectivity index (χ0v) is 20.4. The number of benzene rings is 1. The number of phenols is 1. The molecule has 1 aliphatic rings. The third-order valence-corrected chi connectivity index (χ3v) is 7.55. The summed E-state index contributed by atoms with van der Waals surface area (Å²) in [6, 6.07) is 5.17. The summed E-state index contributed by atoms with van der Waals surface area (Å²) < 4.78 is 28.0. The number of carboxylic acid groups (broad SMARTS) is 1. The molecule has 0 radical (unpaired) electrons. The molecule has 3 aromatic rings. The number of carboxylic acids is 1. The fraction of sp³-hybridized carbons (Fsp3) is 0.304. The van der Waals surface area contributed by atoms with E-state index in [1.807, 2.05) is 0 Å². The third kappa shape index (κ3) is 4.88. The van der Waals surface area contributed by atoms with Gasteiger partial charge in [0.25, 0.3) is 0 Å². The van der Waals surface area contributed by atoms with Gasteiger partial charge in [-0.3, -0.25) is 4.79 Å². The van der Waals surface area contributed by atoms with Crippen LogP contribution in [0.5, 0.6) is 5.75 Å². The molecule has 1 amide bonds. The third-order valence-electron chi connectivity index (χ3n) is 6.10. The fourth-order valence-electron chi connectivity index (χ4n) is 4.15. The van der Waals surface area contributed by atoms with Gasteiger partial charge in [-0.2, -0.15) is 4.72 Å². The van der Waals surface area contributed by atoms with Gasteiger partial charge in [-0.15, -0.1) is 0 Å². The second-order valence-electron chi connectivity index (χ2n) is 8.70. The van der Waals surface area contributed by atoms with E-state index < -0.39 is 34.0 Å². The Morgan fingerprint density at radius 2 is 2.03 bits per heavy atom. The van der Waals surface area contributed by atoms with Crippen LogP contribution in [-0.4, -0.2) is 78.1 Å². The van der Waals surface area contributed by atoms with Crippen molar-refractivity contribution in [1.82, 2.24) is 19.6 Å². The number of carbonyl (C=O) groups is 2. The molecule has 36 heavy (non-hydrogen) atoms. The molecular weight excluding hydrogens is 488 g/mol. The van der Waals surface area contributed by atoms with Crippen LogP contribution in [-0.2, 0) is 26.0 Å². The van der Waals surface area contributed by atoms with Crippen molar-refractivity contribution in [3.8, 4) is 5.75 Å². The number of nitrogens with one attached hydrogen (secondary N) is 1. The fourth-order valence-corrected chi connectivity index (χ4v) is 5.32. The minimum atomic E-state index is -4.07. The Bertz CT molecular complexity index is 1430. The number of aliphatic carboxylic acids is 1. The van der Waals surface area contributed by atoms with Crippen molar-refractivity contribution < 1.29 is 28.2 Å². The van der Waals surface area contributed by atoms with E-state index in [0.717, 1.165) is 4.90 Å². The Kier molecular flexibility index (Phi) is 6.69. The maximum absolute atomic E-state index is 13.1. The van der Waals surface area contributed by atoms with Crippen molar-refractivity contribution in [3.63, 3.8) is 0 Å². The van der Waals surface area contributed by atoms with Crippen LogP contribution in [0.4, 0.5) is 11.6 Å². The van der Waals surface area contributed by atoms with Crippen molar-refractivity contribution in [2.24, 2.45) is 0 Å². The number of carbonyl (C=O) groups excluding carboxylic acids is 1. The average Bonchev–Trinajstić information content (AvgIpc) is 3.17. The number of nitrogens with zero attached hydrogens (tertiary/aromatic N) is 4. The number of hydrogen-bond donors (Lipinski definition) is 4. The van der Waals surface area contributed by atoms with E-state index in [-0.39, 0.29) is 35.8 Å². The number of anilines is 2. The zero-order chi connectivity index (χ0) is 26.2. The lowest BCUT2D eigenvalue weighted by Gasteiger charge is -2.25. The lowest BCUT2D eigenvalue weighted by atomic mass is 10.00. The number of sulfonamides is 1. The number of aromatic nitrogens is 2. The summed E-state index contributed by atoms with van der Waals surface area (Å²) >= 11 is 0. The van der Waals surface area contributed by atoms with Crippen molar-refractivity contribution in [2.45, 2.75) is 29.8 Å². The summed E-state index contributed by atoms with van der Waals surface area (Å²) in [4.78, 5) is 36.0. The number of nitrogen functional groups attached to an aromatic ring is 1. The van der Waals surface area contributed by atoms with Crippen molar-refractivity contribution in [1.29, 1.82) is 0 Å². The second-order valence-corrected chi connectivity index (χ2v) is 10.4. The quantitative estimate of drug-likeness (QED) is 0.332. The van der Waals surface area contributed by atoms with E-state index >= 15 is 0 Å². The topological polar surface area (TPSA) is 179 Å². The van der Waals surface area contributed by atoms with Gasteiger partial charge in [0.1, 0.15) is 34.4 Å². The van der Waals surface area contributed by atoms with Crippen LogP contribution in [0, 0.1) is 0 Å². The van der Waals surface area contributed by atoms with E-state index in [1.54, 1.807) is 31.1 Å². The summed E-state index contributed by atoms with van der Waals surface area (Å²) in [6.45, 7) is 0.0337. The van der Waals surface area contributed by atoms with E-state index in [0.29, 0.717) is 22.2 Å². The molecule has 3 heterocycles. The molecule has 0 spiro atoms. The van der Waals surface area contributed by atoms with Gasteiger partial charge in [-0.05, 0) is 47.7 Å². The summed E-state index contributed by atoms with van der Waals surface area (Å²) in [5.41, 5.74) is 6.15. The number of rotatable bonds is 8. The maximum atomic E-state index is 13.1. The van der Waals surface area contributed by atoms with E-state index in [9.17, 15) is 28.2 Å².